The molecule has 1 aromatic rings. The molecule has 6 heteroatoms. The Hall–Kier alpha value is -0.300. The van der Waals surface area contributed by atoms with Gasteiger partial charge in [0.05, 0.1) is 22.7 Å². The molecule has 0 aromatic heterocycles. The molecule has 0 heterocycles. The van der Waals surface area contributed by atoms with Crippen LogP contribution in [0, 0.1) is 0 Å². The summed E-state index contributed by atoms with van der Waals surface area (Å²) in [6.45, 7) is 4.12. The Bertz CT molecular complexity index is 402. The highest BCUT2D eigenvalue weighted by atomic mass is 79.9. The van der Waals surface area contributed by atoms with Crippen molar-refractivity contribution in [3.05, 3.63) is 21.1 Å². The average molecular weight is 397 g/mol. The lowest BCUT2D eigenvalue weighted by molar-refractivity contribution is 0.169. The zero-order chi connectivity index (χ0) is 14.3. The third-order valence-electron chi connectivity index (χ3n) is 2.48. The minimum Gasteiger partial charge on any atom is -0.496 e. The predicted octanol–water partition coefficient (Wildman–Crippen LogP) is 3.22. The van der Waals surface area contributed by atoms with Gasteiger partial charge >= 0.3 is 0 Å². The standard InChI is InChI=1S/C13H19Br2NO3/c1-9(8-17-2)16-4-5-19-13-7-10(14)12(18-3)6-11(13)15/h6-7,9,16H,4-5,8H2,1-3H3. The van der Waals surface area contributed by atoms with Crippen molar-refractivity contribution in [1.29, 1.82) is 0 Å². The van der Waals surface area contributed by atoms with Crippen LogP contribution < -0.4 is 14.8 Å². The van der Waals surface area contributed by atoms with Crippen molar-refractivity contribution in [2.24, 2.45) is 0 Å². The highest BCUT2D eigenvalue weighted by Gasteiger charge is 2.08. The first-order chi connectivity index (χ1) is 9.08. The Balaban J connectivity index is 2.43. The molecule has 108 valence electrons. The number of nitrogens with one attached hydrogen (secondary N) is 1. The van der Waals surface area contributed by atoms with Gasteiger partial charge in [-0.1, -0.05) is 0 Å². The average Bonchev–Trinajstić information content (AvgIpc) is 2.38. The van der Waals surface area contributed by atoms with Crippen molar-refractivity contribution < 1.29 is 14.2 Å². The van der Waals surface area contributed by atoms with Gasteiger partial charge in [-0.15, -0.1) is 0 Å². The Labute approximate surface area is 131 Å². The smallest absolute Gasteiger partial charge is 0.134 e. The van der Waals surface area contributed by atoms with E-state index in [0.29, 0.717) is 19.3 Å². The number of hydrogen-bond donors (Lipinski definition) is 1. The van der Waals surface area contributed by atoms with Crippen LogP contribution in [0.25, 0.3) is 0 Å². The highest BCUT2D eigenvalue weighted by Crippen LogP contribution is 2.35. The molecular formula is C13H19Br2NO3. The van der Waals surface area contributed by atoms with Gasteiger partial charge in [-0.2, -0.15) is 0 Å². The zero-order valence-electron chi connectivity index (χ0n) is 11.3. The molecule has 1 N–H and O–H groups in total. The fraction of sp³-hybridized carbons (Fsp3) is 0.538. The fourth-order valence-electron chi connectivity index (χ4n) is 1.55. The van der Waals surface area contributed by atoms with Gasteiger partial charge in [0.2, 0.25) is 0 Å². The first-order valence-corrected chi connectivity index (χ1v) is 7.55. The van der Waals surface area contributed by atoms with E-state index in [2.05, 4.69) is 44.1 Å². The van der Waals surface area contributed by atoms with E-state index in [1.54, 1.807) is 14.2 Å². The van der Waals surface area contributed by atoms with Crippen molar-refractivity contribution in [2.75, 3.05) is 34.0 Å². The largest absolute Gasteiger partial charge is 0.496 e. The lowest BCUT2D eigenvalue weighted by Crippen LogP contribution is -2.33. The number of halogens is 2. The molecule has 0 aliphatic heterocycles. The Morgan fingerprint density at radius 1 is 1.16 bits per heavy atom. The normalized spacial score (nSPS) is 12.3. The molecule has 0 radical (unpaired) electrons. The summed E-state index contributed by atoms with van der Waals surface area (Å²) in [5, 5.41) is 3.31. The number of hydrogen-bond acceptors (Lipinski definition) is 4. The molecule has 1 atom stereocenters. The predicted molar refractivity (Wildman–Crippen MR) is 83.2 cm³/mol. The van der Waals surface area contributed by atoms with Gasteiger partial charge in [0, 0.05) is 19.7 Å². The lowest BCUT2D eigenvalue weighted by atomic mass is 10.3. The van der Waals surface area contributed by atoms with Crippen LogP contribution in [0.1, 0.15) is 6.92 Å². The molecular weight excluding hydrogens is 378 g/mol. The summed E-state index contributed by atoms with van der Waals surface area (Å²) in [6, 6.07) is 4.08. The summed E-state index contributed by atoms with van der Waals surface area (Å²) < 4.78 is 17.7. The van der Waals surface area contributed by atoms with Crippen LogP contribution in [0.15, 0.2) is 21.1 Å². The molecule has 4 nitrogen and oxygen atoms in total. The van der Waals surface area contributed by atoms with Crippen LogP contribution in [-0.2, 0) is 4.74 Å². The van der Waals surface area contributed by atoms with E-state index in [9.17, 15) is 0 Å². The Morgan fingerprint density at radius 3 is 2.42 bits per heavy atom. The van der Waals surface area contributed by atoms with E-state index in [1.165, 1.54) is 0 Å². The van der Waals surface area contributed by atoms with Gasteiger partial charge in [-0.05, 0) is 50.9 Å². The summed E-state index contributed by atoms with van der Waals surface area (Å²) in [5.74, 6) is 1.56. The maximum atomic E-state index is 5.71. The molecule has 0 fully saturated rings. The van der Waals surface area contributed by atoms with Crippen LogP contribution >= 0.6 is 31.9 Å². The molecule has 0 saturated heterocycles. The molecule has 0 amide bonds. The lowest BCUT2D eigenvalue weighted by Gasteiger charge is -2.14. The summed E-state index contributed by atoms with van der Waals surface area (Å²) in [5.41, 5.74) is 0. The summed E-state index contributed by atoms with van der Waals surface area (Å²) in [4.78, 5) is 0. The minimum atomic E-state index is 0.319. The summed E-state index contributed by atoms with van der Waals surface area (Å²) in [7, 11) is 3.33. The topological polar surface area (TPSA) is 39.7 Å². The monoisotopic (exact) mass is 395 g/mol. The first kappa shape index (κ1) is 16.8. The fourth-order valence-corrected chi connectivity index (χ4v) is 2.47. The van der Waals surface area contributed by atoms with Gasteiger partial charge in [-0.25, -0.2) is 0 Å². The van der Waals surface area contributed by atoms with E-state index in [1.807, 2.05) is 12.1 Å². The van der Waals surface area contributed by atoms with Crippen molar-refractivity contribution in [2.45, 2.75) is 13.0 Å². The second-order valence-corrected chi connectivity index (χ2v) is 5.78. The number of benzene rings is 1. The van der Waals surface area contributed by atoms with E-state index in [0.717, 1.165) is 27.0 Å². The molecule has 1 rings (SSSR count). The SMILES string of the molecule is COCC(C)NCCOc1cc(Br)c(OC)cc1Br. The summed E-state index contributed by atoms with van der Waals surface area (Å²) >= 11 is 6.90. The van der Waals surface area contributed by atoms with Crippen LogP contribution in [0.3, 0.4) is 0 Å². The van der Waals surface area contributed by atoms with Crippen LogP contribution in [-0.4, -0.2) is 40.0 Å². The van der Waals surface area contributed by atoms with Crippen molar-refractivity contribution >= 4 is 31.9 Å². The third kappa shape index (κ3) is 5.69. The zero-order valence-corrected chi connectivity index (χ0v) is 14.5. The van der Waals surface area contributed by atoms with Gasteiger partial charge in [0.1, 0.15) is 18.1 Å². The van der Waals surface area contributed by atoms with E-state index in [4.69, 9.17) is 14.2 Å². The maximum absolute atomic E-state index is 5.71. The molecule has 0 aliphatic carbocycles. The Kier molecular flexibility index (Phi) is 7.75. The van der Waals surface area contributed by atoms with Gasteiger partial charge in [0.15, 0.2) is 0 Å². The van der Waals surface area contributed by atoms with E-state index >= 15 is 0 Å². The second-order valence-electron chi connectivity index (χ2n) is 4.08. The quantitative estimate of drug-likeness (QED) is 0.685. The third-order valence-corrected chi connectivity index (χ3v) is 3.71. The Morgan fingerprint density at radius 2 is 1.79 bits per heavy atom. The van der Waals surface area contributed by atoms with Crippen LogP contribution in [0.4, 0.5) is 0 Å². The van der Waals surface area contributed by atoms with E-state index in [-0.39, 0.29) is 0 Å². The van der Waals surface area contributed by atoms with Gasteiger partial charge in [-0.3, -0.25) is 0 Å². The molecule has 0 saturated carbocycles. The first-order valence-electron chi connectivity index (χ1n) is 5.96. The molecule has 1 aromatic carbocycles. The number of rotatable bonds is 8. The number of ether oxygens (including phenoxy) is 3. The molecule has 1 unspecified atom stereocenters. The second kappa shape index (κ2) is 8.79. The highest BCUT2D eigenvalue weighted by molar-refractivity contribution is 9.11. The maximum Gasteiger partial charge on any atom is 0.134 e. The molecule has 0 spiro atoms. The van der Waals surface area contributed by atoms with Gasteiger partial charge < -0.3 is 19.5 Å². The minimum absolute atomic E-state index is 0.319. The summed E-state index contributed by atoms with van der Waals surface area (Å²) in [6.07, 6.45) is 0. The molecule has 19 heavy (non-hydrogen) atoms. The van der Waals surface area contributed by atoms with Crippen LogP contribution in [0.5, 0.6) is 11.5 Å². The number of methoxy groups -OCH3 is 2. The van der Waals surface area contributed by atoms with Crippen LogP contribution in [0.2, 0.25) is 0 Å². The van der Waals surface area contributed by atoms with Crippen molar-refractivity contribution in [3.63, 3.8) is 0 Å². The van der Waals surface area contributed by atoms with Crippen molar-refractivity contribution in [1.82, 2.24) is 5.32 Å². The molecule has 0 aliphatic rings. The molecule has 0 bridgehead atoms. The van der Waals surface area contributed by atoms with Crippen molar-refractivity contribution in [3.8, 4) is 11.5 Å². The van der Waals surface area contributed by atoms with E-state index < -0.39 is 0 Å². The van der Waals surface area contributed by atoms with Gasteiger partial charge in [0.25, 0.3) is 0 Å².